The molecule has 0 saturated carbocycles. The average molecular weight is 268 g/mol. The first kappa shape index (κ1) is 14.6. The second-order valence-corrected chi connectivity index (χ2v) is 5.01. The van der Waals surface area contributed by atoms with Crippen molar-refractivity contribution in [2.45, 2.75) is 25.0 Å². The minimum atomic E-state index is -0.914. The molecule has 0 fully saturated rings. The summed E-state index contributed by atoms with van der Waals surface area (Å²) in [6, 6.07) is 6.89. The predicted molar refractivity (Wildman–Crippen MR) is 71.1 cm³/mol. The Morgan fingerprint density at radius 3 is 2.61 bits per heavy atom. The molecule has 1 aromatic rings. The topological polar surface area (TPSA) is 74.6 Å². The first-order chi connectivity index (χ1) is 8.59. The third-order valence-electron chi connectivity index (χ3n) is 2.37. The largest absolute Gasteiger partial charge is 0.481 e. The number of carboxylic acid groups (broad SMARTS) is 2. The number of hydrogen-bond donors (Lipinski definition) is 2. The Kier molecular flexibility index (Phi) is 6.28. The van der Waals surface area contributed by atoms with E-state index in [0.717, 1.165) is 23.5 Å². The van der Waals surface area contributed by atoms with Crippen LogP contribution in [0.1, 0.15) is 35.2 Å². The molecule has 0 aliphatic carbocycles. The molecule has 98 valence electrons. The first-order valence-electron chi connectivity index (χ1n) is 5.71. The minimum Gasteiger partial charge on any atom is -0.481 e. The molecular weight excluding hydrogens is 252 g/mol. The molecular formula is C13H16O4S. The predicted octanol–water partition coefficient (Wildman–Crippen LogP) is 2.87. The summed E-state index contributed by atoms with van der Waals surface area (Å²) in [7, 11) is 0. The zero-order valence-corrected chi connectivity index (χ0v) is 10.8. The highest BCUT2D eigenvalue weighted by Gasteiger charge is 2.03. The van der Waals surface area contributed by atoms with Gasteiger partial charge in [0.25, 0.3) is 0 Å². The summed E-state index contributed by atoms with van der Waals surface area (Å²) in [6.45, 7) is 0. The quantitative estimate of drug-likeness (QED) is 0.709. The zero-order valence-electron chi connectivity index (χ0n) is 9.96. The fourth-order valence-electron chi connectivity index (χ4n) is 1.46. The summed E-state index contributed by atoms with van der Waals surface area (Å²) >= 11 is 1.69. The number of carboxylic acids is 2. The molecule has 1 rings (SSSR count). The molecule has 1 aromatic carbocycles. The minimum absolute atomic E-state index is 0.217. The van der Waals surface area contributed by atoms with E-state index in [9.17, 15) is 9.59 Å². The molecule has 0 aromatic heterocycles. The van der Waals surface area contributed by atoms with E-state index in [1.54, 1.807) is 30.0 Å². The Bertz CT molecular complexity index is 417. The van der Waals surface area contributed by atoms with Gasteiger partial charge in [-0.05, 0) is 36.3 Å². The maximum absolute atomic E-state index is 10.8. The van der Waals surface area contributed by atoms with Gasteiger partial charge in [-0.1, -0.05) is 12.1 Å². The molecule has 4 nitrogen and oxygen atoms in total. The summed E-state index contributed by atoms with van der Waals surface area (Å²) < 4.78 is 0. The molecule has 0 bridgehead atoms. The lowest BCUT2D eigenvalue weighted by molar-refractivity contribution is -0.137. The third kappa shape index (κ3) is 5.72. The van der Waals surface area contributed by atoms with Gasteiger partial charge < -0.3 is 10.2 Å². The van der Waals surface area contributed by atoms with Crippen molar-refractivity contribution < 1.29 is 19.8 Å². The van der Waals surface area contributed by atoms with Crippen LogP contribution < -0.4 is 0 Å². The maximum atomic E-state index is 10.8. The fraction of sp³-hybridized carbons (Fsp3) is 0.385. The highest BCUT2D eigenvalue weighted by molar-refractivity contribution is 7.98. The highest BCUT2D eigenvalue weighted by Crippen LogP contribution is 2.15. The van der Waals surface area contributed by atoms with Gasteiger partial charge in [0.15, 0.2) is 0 Å². The number of benzene rings is 1. The van der Waals surface area contributed by atoms with Gasteiger partial charge in [-0.25, -0.2) is 4.79 Å². The van der Waals surface area contributed by atoms with E-state index in [2.05, 4.69) is 0 Å². The summed E-state index contributed by atoms with van der Waals surface area (Å²) in [5, 5.41) is 17.3. The molecule has 2 N–H and O–H groups in total. The Morgan fingerprint density at radius 1 is 1.17 bits per heavy atom. The SMILES string of the molecule is O=C(O)CCCCSCc1cccc(C(=O)O)c1. The van der Waals surface area contributed by atoms with Crippen LogP contribution in [0.15, 0.2) is 24.3 Å². The van der Waals surface area contributed by atoms with Crippen LogP contribution in [0.5, 0.6) is 0 Å². The van der Waals surface area contributed by atoms with Crippen molar-refractivity contribution in [3.63, 3.8) is 0 Å². The van der Waals surface area contributed by atoms with Crippen molar-refractivity contribution in [2.24, 2.45) is 0 Å². The van der Waals surface area contributed by atoms with Crippen molar-refractivity contribution >= 4 is 23.7 Å². The van der Waals surface area contributed by atoms with Gasteiger partial charge in [0.05, 0.1) is 5.56 Å². The molecule has 0 radical (unpaired) electrons. The first-order valence-corrected chi connectivity index (χ1v) is 6.87. The number of carbonyl (C=O) groups is 2. The molecule has 0 aliphatic rings. The van der Waals surface area contributed by atoms with Crippen LogP contribution in [0, 0.1) is 0 Å². The number of unbranched alkanes of at least 4 members (excludes halogenated alkanes) is 1. The van der Waals surface area contributed by atoms with Gasteiger partial charge in [0.1, 0.15) is 0 Å². The van der Waals surface area contributed by atoms with Crippen molar-refractivity contribution in [2.75, 3.05) is 5.75 Å². The molecule has 0 spiro atoms. The van der Waals surface area contributed by atoms with E-state index in [1.165, 1.54) is 0 Å². The van der Waals surface area contributed by atoms with E-state index in [1.807, 2.05) is 6.07 Å². The van der Waals surface area contributed by atoms with E-state index in [-0.39, 0.29) is 6.42 Å². The Balaban J connectivity index is 2.25. The highest BCUT2D eigenvalue weighted by atomic mass is 32.2. The number of aromatic carboxylic acids is 1. The van der Waals surface area contributed by atoms with E-state index in [0.29, 0.717) is 12.0 Å². The van der Waals surface area contributed by atoms with Crippen molar-refractivity contribution in [3.05, 3.63) is 35.4 Å². The number of hydrogen-bond acceptors (Lipinski definition) is 3. The lowest BCUT2D eigenvalue weighted by Crippen LogP contribution is -1.97. The molecule has 0 amide bonds. The van der Waals surface area contributed by atoms with Crippen LogP contribution in [0.3, 0.4) is 0 Å². The summed E-state index contributed by atoms with van der Waals surface area (Å²) in [5.41, 5.74) is 1.29. The van der Waals surface area contributed by atoms with Crippen LogP contribution >= 0.6 is 11.8 Å². The number of rotatable bonds is 8. The van der Waals surface area contributed by atoms with Crippen LogP contribution in [0.2, 0.25) is 0 Å². The average Bonchev–Trinajstić information content (AvgIpc) is 2.33. The van der Waals surface area contributed by atoms with E-state index < -0.39 is 11.9 Å². The maximum Gasteiger partial charge on any atom is 0.335 e. The monoisotopic (exact) mass is 268 g/mol. The molecule has 5 heteroatoms. The second kappa shape index (κ2) is 7.76. The Morgan fingerprint density at radius 2 is 1.94 bits per heavy atom. The molecule has 0 atom stereocenters. The standard InChI is InChI=1S/C13H16O4S/c14-12(15)6-1-2-7-18-9-10-4-3-5-11(8-10)13(16)17/h3-5,8H,1-2,6-7,9H2,(H,14,15)(H,16,17). The van der Waals surface area contributed by atoms with Crippen molar-refractivity contribution in [3.8, 4) is 0 Å². The van der Waals surface area contributed by atoms with Gasteiger partial charge in [-0.15, -0.1) is 0 Å². The lowest BCUT2D eigenvalue weighted by atomic mass is 10.1. The van der Waals surface area contributed by atoms with Gasteiger partial charge in [0.2, 0.25) is 0 Å². The molecule has 0 saturated heterocycles. The van der Waals surface area contributed by atoms with Crippen LogP contribution in [0.25, 0.3) is 0 Å². The van der Waals surface area contributed by atoms with E-state index >= 15 is 0 Å². The molecule has 0 heterocycles. The van der Waals surface area contributed by atoms with E-state index in [4.69, 9.17) is 10.2 Å². The number of thioether (sulfide) groups is 1. The lowest BCUT2D eigenvalue weighted by Gasteiger charge is -2.03. The Hall–Kier alpha value is -1.49. The van der Waals surface area contributed by atoms with Gasteiger partial charge in [0, 0.05) is 12.2 Å². The van der Waals surface area contributed by atoms with Gasteiger partial charge in [-0.3, -0.25) is 4.79 Å². The summed E-state index contributed by atoms with van der Waals surface area (Å²) in [6.07, 6.45) is 1.78. The zero-order chi connectivity index (χ0) is 13.4. The number of aliphatic carboxylic acids is 1. The van der Waals surface area contributed by atoms with Crippen molar-refractivity contribution in [1.29, 1.82) is 0 Å². The molecule has 0 aliphatic heterocycles. The van der Waals surface area contributed by atoms with Gasteiger partial charge in [-0.2, -0.15) is 11.8 Å². The second-order valence-electron chi connectivity index (χ2n) is 3.91. The molecule has 18 heavy (non-hydrogen) atoms. The van der Waals surface area contributed by atoms with Crippen LogP contribution in [-0.4, -0.2) is 27.9 Å². The summed E-state index contributed by atoms with van der Waals surface area (Å²) in [5.74, 6) is -0.0175. The van der Waals surface area contributed by atoms with Gasteiger partial charge >= 0.3 is 11.9 Å². The van der Waals surface area contributed by atoms with Crippen LogP contribution in [-0.2, 0) is 10.5 Å². The third-order valence-corrected chi connectivity index (χ3v) is 3.49. The summed E-state index contributed by atoms with van der Waals surface area (Å²) in [4.78, 5) is 21.1. The Labute approximate surface area is 110 Å². The normalized spacial score (nSPS) is 10.2. The smallest absolute Gasteiger partial charge is 0.335 e. The fourth-order valence-corrected chi connectivity index (χ4v) is 2.43. The van der Waals surface area contributed by atoms with Crippen LogP contribution in [0.4, 0.5) is 0 Å². The van der Waals surface area contributed by atoms with Crippen molar-refractivity contribution in [1.82, 2.24) is 0 Å². The molecule has 0 unspecified atom stereocenters.